The minimum Gasteiger partial charge on any atom is -0.397 e. The van der Waals surface area contributed by atoms with Crippen LogP contribution in [0, 0.1) is 0 Å². The van der Waals surface area contributed by atoms with Crippen LogP contribution in [0.25, 0.3) is 22.0 Å². The molecule has 0 atom stereocenters. The van der Waals surface area contributed by atoms with Gasteiger partial charge in [-0.2, -0.15) is 0 Å². The Morgan fingerprint density at radius 3 is 2.69 bits per heavy atom. The summed E-state index contributed by atoms with van der Waals surface area (Å²) in [5, 5.41) is 1.36. The van der Waals surface area contributed by atoms with Crippen molar-refractivity contribution in [2.75, 3.05) is 12.3 Å². The summed E-state index contributed by atoms with van der Waals surface area (Å²) in [6, 6.07) is 9.15. The molecule has 1 aliphatic rings. The van der Waals surface area contributed by atoms with E-state index in [4.69, 9.17) is 33.9 Å². The summed E-state index contributed by atoms with van der Waals surface area (Å²) in [4.78, 5) is 23.3. The van der Waals surface area contributed by atoms with E-state index in [2.05, 4.69) is 4.98 Å². The average Bonchev–Trinajstić information content (AvgIpc) is 2.91. The SMILES string of the molecule is CCCN1Cc2nc3c(-c4ccc(Cl)nc4Cl)cccc3c(N)c2C1=O. The van der Waals surface area contributed by atoms with Crippen LogP contribution in [0.15, 0.2) is 30.3 Å². The van der Waals surface area contributed by atoms with Crippen molar-refractivity contribution in [1.29, 1.82) is 0 Å². The Labute approximate surface area is 160 Å². The summed E-state index contributed by atoms with van der Waals surface area (Å²) in [5.74, 6) is -0.0506. The lowest BCUT2D eigenvalue weighted by Crippen LogP contribution is -2.24. The zero-order chi connectivity index (χ0) is 18.4. The zero-order valence-electron chi connectivity index (χ0n) is 14.1. The number of amides is 1. The number of rotatable bonds is 3. The smallest absolute Gasteiger partial charge is 0.258 e. The molecule has 7 heteroatoms. The quantitative estimate of drug-likeness (QED) is 0.670. The van der Waals surface area contributed by atoms with E-state index in [1.807, 2.05) is 31.2 Å². The number of halogens is 2. The van der Waals surface area contributed by atoms with Gasteiger partial charge in [0.25, 0.3) is 5.91 Å². The van der Waals surface area contributed by atoms with Crippen molar-refractivity contribution < 1.29 is 4.79 Å². The average molecular weight is 387 g/mol. The number of benzene rings is 1. The van der Waals surface area contributed by atoms with Crippen LogP contribution >= 0.6 is 23.2 Å². The van der Waals surface area contributed by atoms with Crippen LogP contribution in [-0.2, 0) is 6.54 Å². The third kappa shape index (κ3) is 2.59. The van der Waals surface area contributed by atoms with Gasteiger partial charge in [0.1, 0.15) is 10.3 Å². The summed E-state index contributed by atoms with van der Waals surface area (Å²) in [5.41, 5.74) is 10.3. The van der Waals surface area contributed by atoms with Crippen LogP contribution in [0.2, 0.25) is 10.3 Å². The number of fused-ring (bicyclic) bond motifs is 2. The van der Waals surface area contributed by atoms with Crippen molar-refractivity contribution >= 4 is 45.7 Å². The van der Waals surface area contributed by atoms with Gasteiger partial charge in [-0.1, -0.05) is 48.3 Å². The first kappa shape index (κ1) is 17.1. The molecular weight excluding hydrogens is 371 g/mol. The fourth-order valence-corrected chi connectivity index (χ4v) is 3.85. The Morgan fingerprint density at radius 2 is 1.96 bits per heavy atom. The number of para-hydroxylation sites is 1. The predicted molar refractivity (Wildman–Crippen MR) is 104 cm³/mol. The molecule has 3 heterocycles. The number of carbonyl (C=O) groups is 1. The molecule has 1 aromatic carbocycles. The largest absolute Gasteiger partial charge is 0.397 e. The molecule has 0 saturated heterocycles. The van der Waals surface area contributed by atoms with Crippen molar-refractivity contribution in [2.24, 2.45) is 0 Å². The van der Waals surface area contributed by atoms with Crippen LogP contribution in [0.5, 0.6) is 0 Å². The first-order valence-corrected chi connectivity index (χ1v) is 9.09. The maximum atomic E-state index is 12.7. The van der Waals surface area contributed by atoms with E-state index in [1.165, 1.54) is 0 Å². The van der Waals surface area contributed by atoms with E-state index in [0.717, 1.165) is 22.9 Å². The third-order valence-electron chi connectivity index (χ3n) is 4.57. The van der Waals surface area contributed by atoms with Crippen LogP contribution in [0.1, 0.15) is 29.4 Å². The van der Waals surface area contributed by atoms with Gasteiger partial charge < -0.3 is 10.6 Å². The lowest BCUT2D eigenvalue weighted by molar-refractivity contribution is 0.0779. The van der Waals surface area contributed by atoms with Gasteiger partial charge in [0.2, 0.25) is 0 Å². The molecule has 2 N–H and O–H groups in total. The molecule has 0 fully saturated rings. The van der Waals surface area contributed by atoms with E-state index in [9.17, 15) is 4.79 Å². The molecule has 0 unspecified atom stereocenters. The van der Waals surface area contributed by atoms with Gasteiger partial charge in [-0.3, -0.25) is 4.79 Å². The van der Waals surface area contributed by atoms with Crippen LogP contribution in [0.4, 0.5) is 5.69 Å². The standard InChI is InChI=1S/C19H16Cl2N4O/c1-2-8-25-9-13-15(19(25)26)16(22)12-5-3-4-10(17(12)23-13)11-6-7-14(20)24-18(11)21/h3-7H,2,8-9H2,1H3,(H2,22,23). The second kappa shape index (κ2) is 6.41. The molecule has 0 aliphatic carbocycles. The number of nitrogen functional groups attached to an aromatic ring is 1. The van der Waals surface area contributed by atoms with Crippen LogP contribution < -0.4 is 5.73 Å². The summed E-state index contributed by atoms with van der Waals surface area (Å²) >= 11 is 12.2. The fraction of sp³-hybridized carbons (Fsp3) is 0.211. The van der Waals surface area contributed by atoms with Gasteiger partial charge in [-0.05, 0) is 18.6 Å². The second-order valence-corrected chi connectivity index (χ2v) is 6.99. The molecule has 26 heavy (non-hydrogen) atoms. The Morgan fingerprint density at radius 1 is 1.15 bits per heavy atom. The van der Waals surface area contributed by atoms with Gasteiger partial charge in [0, 0.05) is 23.1 Å². The molecule has 1 aliphatic heterocycles. The molecular formula is C19H16Cl2N4O. The summed E-state index contributed by atoms with van der Waals surface area (Å²) < 4.78 is 0. The number of hydrogen-bond acceptors (Lipinski definition) is 4. The number of hydrogen-bond donors (Lipinski definition) is 1. The van der Waals surface area contributed by atoms with Gasteiger partial charge in [0.05, 0.1) is 29.0 Å². The summed E-state index contributed by atoms with van der Waals surface area (Å²) in [6.07, 6.45) is 0.885. The zero-order valence-corrected chi connectivity index (χ0v) is 15.6. The Kier molecular flexibility index (Phi) is 4.21. The number of anilines is 1. The number of carbonyl (C=O) groups excluding carboxylic acids is 1. The van der Waals surface area contributed by atoms with Gasteiger partial charge in [-0.15, -0.1) is 0 Å². The molecule has 0 bridgehead atoms. The van der Waals surface area contributed by atoms with Crippen molar-refractivity contribution in [3.8, 4) is 11.1 Å². The summed E-state index contributed by atoms with van der Waals surface area (Å²) in [7, 11) is 0. The van der Waals surface area contributed by atoms with E-state index in [1.54, 1.807) is 11.0 Å². The normalized spacial score (nSPS) is 13.5. The van der Waals surface area contributed by atoms with Gasteiger partial charge in [0.15, 0.2) is 0 Å². The lowest BCUT2D eigenvalue weighted by atomic mass is 10.00. The lowest BCUT2D eigenvalue weighted by Gasteiger charge is -2.13. The highest BCUT2D eigenvalue weighted by molar-refractivity contribution is 6.34. The maximum Gasteiger partial charge on any atom is 0.258 e. The molecule has 0 saturated carbocycles. The predicted octanol–water partition coefficient (Wildman–Crippen LogP) is 4.55. The molecule has 0 radical (unpaired) electrons. The minimum absolute atomic E-state index is 0.0506. The molecule has 132 valence electrons. The van der Waals surface area contributed by atoms with Gasteiger partial charge >= 0.3 is 0 Å². The Hall–Kier alpha value is -2.37. The number of nitrogens with two attached hydrogens (primary N) is 1. The first-order chi connectivity index (χ1) is 12.5. The van der Waals surface area contributed by atoms with E-state index in [-0.39, 0.29) is 5.91 Å². The van der Waals surface area contributed by atoms with E-state index < -0.39 is 0 Å². The highest BCUT2D eigenvalue weighted by atomic mass is 35.5. The molecule has 4 rings (SSSR count). The number of nitrogens with zero attached hydrogens (tertiary/aromatic N) is 3. The fourth-order valence-electron chi connectivity index (χ4n) is 3.41. The van der Waals surface area contributed by atoms with Crippen LogP contribution in [-0.4, -0.2) is 27.3 Å². The van der Waals surface area contributed by atoms with Crippen molar-refractivity contribution in [3.63, 3.8) is 0 Å². The summed E-state index contributed by atoms with van der Waals surface area (Å²) in [6.45, 7) is 3.20. The third-order valence-corrected chi connectivity index (χ3v) is 5.07. The highest BCUT2D eigenvalue weighted by Crippen LogP contribution is 2.38. The Bertz CT molecular complexity index is 1050. The van der Waals surface area contributed by atoms with Crippen molar-refractivity contribution in [2.45, 2.75) is 19.9 Å². The molecule has 0 spiro atoms. The second-order valence-electron chi connectivity index (χ2n) is 6.25. The van der Waals surface area contributed by atoms with Gasteiger partial charge in [-0.25, -0.2) is 9.97 Å². The monoisotopic (exact) mass is 386 g/mol. The van der Waals surface area contributed by atoms with Crippen LogP contribution in [0.3, 0.4) is 0 Å². The molecule has 2 aromatic heterocycles. The molecule has 1 amide bonds. The number of pyridine rings is 2. The first-order valence-electron chi connectivity index (χ1n) is 8.34. The minimum atomic E-state index is -0.0506. The maximum absolute atomic E-state index is 12.7. The van der Waals surface area contributed by atoms with E-state index in [0.29, 0.717) is 45.9 Å². The van der Waals surface area contributed by atoms with Crippen molar-refractivity contribution in [1.82, 2.24) is 14.9 Å². The highest BCUT2D eigenvalue weighted by Gasteiger charge is 2.31. The number of aromatic nitrogens is 2. The van der Waals surface area contributed by atoms with E-state index >= 15 is 0 Å². The topological polar surface area (TPSA) is 72.1 Å². The Balaban J connectivity index is 1.95. The molecule has 5 nitrogen and oxygen atoms in total. The molecule has 3 aromatic rings. The van der Waals surface area contributed by atoms with Crippen molar-refractivity contribution in [3.05, 3.63) is 51.9 Å².